The maximum absolute atomic E-state index is 6.40. The van der Waals surface area contributed by atoms with Crippen LogP contribution >= 0.6 is 34.7 Å². The highest BCUT2D eigenvalue weighted by molar-refractivity contribution is 8.26. The van der Waals surface area contributed by atoms with Crippen molar-refractivity contribution in [3.05, 3.63) is 39.9 Å². The zero-order chi connectivity index (χ0) is 14.6. The second-order valence-electron chi connectivity index (χ2n) is 4.70. The molecule has 114 valence electrons. The van der Waals surface area contributed by atoms with Gasteiger partial charge in [-0.2, -0.15) is 10.1 Å². The molecule has 3 heterocycles. The van der Waals surface area contributed by atoms with Crippen LogP contribution in [-0.2, 0) is 0 Å². The molecule has 1 aromatic heterocycles. The van der Waals surface area contributed by atoms with Crippen LogP contribution in [0, 0.1) is 6.92 Å². The van der Waals surface area contributed by atoms with E-state index in [1.807, 2.05) is 47.8 Å². The van der Waals surface area contributed by atoms with E-state index in [9.17, 15) is 0 Å². The number of hydrogen-bond acceptors (Lipinski definition) is 6. The van der Waals surface area contributed by atoms with Crippen LogP contribution in [0.1, 0.15) is 23.7 Å². The Morgan fingerprint density at radius 2 is 2.05 bits per heavy atom. The smallest absolute Gasteiger partial charge is 0.409 e. The zero-order valence-electron chi connectivity index (χ0n) is 11.7. The first-order chi connectivity index (χ1) is 10.1. The van der Waals surface area contributed by atoms with Gasteiger partial charge in [-0.1, -0.05) is 39.6 Å². The van der Waals surface area contributed by atoms with Crippen molar-refractivity contribution in [3.8, 4) is 0 Å². The maximum Gasteiger partial charge on any atom is 0.409 e. The van der Waals surface area contributed by atoms with Crippen LogP contribution < -0.4 is 21.7 Å². The first-order valence-corrected chi connectivity index (χ1v) is 8.39. The Balaban J connectivity index is 0.00000144. The van der Waals surface area contributed by atoms with Gasteiger partial charge in [0.1, 0.15) is 10.1 Å². The Bertz CT molecular complexity index is 803. The van der Waals surface area contributed by atoms with Crippen LogP contribution in [0.15, 0.2) is 34.4 Å². The number of aryl methyl sites for hydroxylation is 1. The summed E-state index contributed by atoms with van der Waals surface area (Å²) in [5.74, 6) is 0. The van der Waals surface area contributed by atoms with Crippen LogP contribution in [0.25, 0.3) is 0 Å². The van der Waals surface area contributed by atoms with E-state index in [4.69, 9.17) is 11.6 Å². The lowest BCUT2D eigenvalue weighted by atomic mass is 10.1. The molecule has 1 unspecified atom stereocenters. The molecule has 9 heteroatoms. The second kappa shape index (κ2) is 5.92. The number of hydrogen-bond donors (Lipinski definition) is 0. The van der Waals surface area contributed by atoms with Crippen molar-refractivity contribution in [2.75, 3.05) is 0 Å². The number of amidine groups is 1. The summed E-state index contributed by atoms with van der Waals surface area (Å²) in [6.45, 7) is 3.96. The van der Waals surface area contributed by atoms with E-state index in [-0.39, 0.29) is 23.1 Å². The van der Waals surface area contributed by atoms with Crippen LogP contribution in [0.3, 0.4) is 0 Å². The summed E-state index contributed by atoms with van der Waals surface area (Å²) < 4.78 is 1.90. The van der Waals surface area contributed by atoms with Crippen molar-refractivity contribution in [1.82, 2.24) is 10.1 Å². The van der Waals surface area contributed by atoms with E-state index in [0.29, 0.717) is 5.02 Å². The van der Waals surface area contributed by atoms with Gasteiger partial charge < -0.3 is 17.0 Å². The maximum atomic E-state index is 6.40. The van der Waals surface area contributed by atoms with Gasteiger partial charge in [0.2, 0.25) is 6.17 Å². The molecule has 0 N–H and O–H groups in total. The molecule has 22 heavy (non-hydrogen) atoms. The van der Waals surface area contributed by atoms with Crippen LogP contribution in [0.5, 0.6) is 0 Å². The number of rotatable bonds is 1. The van der Waals surface area contributed by atoms with Crippen molar-refractivity contribution in [2.45, 2.75) is 20.0 Å². The second-order valence-corrected chi connectivity index (χ2v) is 7.43. The number of aliphatic imine (C=N–C) groups is 1. The number of nitrogens with zero attached hydrogens (tertiary/aromatic N) is 5. The van der Waals surface area contributed by atoms with Gasteiger partial charge in [-0.05, 0) is 43.0 Å². The first kappa shape index (κ1) is 15.9. The van der Waals surface area contributed by atoms with Gasteiger partial charge in [0.05, 0.1) is 5.02 Å². The molecule has 0 saturated carbocycles. The first-order valence-electron chi connectivity index (χ1n) is 6.38. The number of thioether (sulfide) groups is 1. The van der Waals surface area contributed by atoms with Gasteiger partial charge in [-0.3, -0.25) is 0 Å². The molecule has 5 nitrogen and oxygen atoms in total. The largest absolute Gasteiger partial charge is 1.00 e. The zero-order valence-corrected chi connectivity index (χ0v) is 15.7. The fourth-order valence-electron chi connectivity index (χ4n) is 2.39. The molecular formula is C13H11BrClN5S2. The van der Waals surface area contributed by atoms with Crippen molar-refractivity contribution >= 4 is 50.0 Å². The van der Waals surface area contributed by atoms with E-state index in [1.165, 1.54) is 0 Å². The molecule has 1 atom stereocenters. The minimum absolute atomic E-state index is 0. The van der Waals surface area contributed by atoms with Crippen LogP contribution in [0.2, 0.25) is 5.02 Å². The predicted octanol–water partition coefficient (Wildman–Crippen LogP) is 0.327. The van der Waals surface area contributed by atoms with Crippen molar-refractivity contribution in [3.63, 3.8) is 0 Å². The third-order valence-corrected chi connectivity index (χ3v) is 5.23. The highest BCUT2D eigenvalue weighted by atomic mass is 79.9. The Kier molecular flexibility index (Phi) is 4.28. The summed E-state index contributed by atoms with van der Waals surface area (Å²) in [4.78, 5) is 4.65. The Morgan fingerprint density at radius 1 is 1.27 bits per heavy atom. The highest BCUT2D eigenvalue weighted by Crippen LogP contribution is 2.38. The lowest BCUT2D eigenvalue weighted by Crippen LogP contribution is -3.00. The van der Waals surface area contributed by atoms with Gasteiger partial charge >= 0.3 is 10.3 Å². The molecule has 0 amide bonds. The van der Waals surface area contributed by atoms with Crippen molar-refractivity contribution < 1.29 is 21.7 Å². The number of hydrazone groups is 1. The Hall–Kier alpha value is -0.960. The third kappa shape index (κ3) is 2.47. The summed E-state index contributed by atoms with van der Waals surface area (Å²) >= 11 is 9.55. The highest BCUT2D eigenvalue weighted by Gasteiger charge is 2.45. The quantitative estimate of drug-likeness (QED) is 0.629. The average Bonchev–Trinajstić information content (AvgIpc) is 2.97. The lowest BCUT2D eigenvalue weighted by molar-refractivity contribution is -0.770. The molecule has 4 rings (SSSR count). The molecule has 2 aromatic rings. The fourth-order valence-corrected chi connectivity index (χ4v) is 4.20. The summed E-state index contributed by atoms with van der Waals surface area (Å²) in [6, 6.07) is 7.80. The minimum atomic E-state index is -0.184. The van der Waals surface area contributed by atoms with Gasteiger partial charge in [0.25, 0.3) is 0 Å². The van der Waals surface area contributed by atoms with E-state index in [1.54, 1.807) is 23.1 Å². The van der Waals surface area contributed by atoms with Gasteiger partial charge in [0, 0.05) is 10.6 Å². The van der Waals surface area contributed by atoms with Gasteiger partial charge in [-0.25, -0.2) is 0 Å². The normalized spacial score (nSPS) is 19.0. The molecule has 0 radical (unpaired) electrons. The van der Waals surface area contributed by atoms with Crippen molar-refractivity contribution in [2.24, 2.45) is 10.1 Å². The van der Waals surface area contributed by atoms with E-state index in [2.05, 4.69) is 15.2 Å². The average molecular weight is 417 g/mol. The molecule has 2 aliphatic rings. The third-order valence-electron chi connectivity index (χ3n) is 3.21. The SMILES string of the molecule is CC1=NN2C(=Nc3sc(C)n[n+]3C2c2ccccc2Cl)S1.[Br-]. The molecule has 2 aliphatic heterocycles. The van der Waals surface area contributed by atoms with Gasteiger partial charge in [0.15, 0.2) is 0 Å². The molecule has 0 saturated heterocycles. The monoisotopic (exact) mass is 415 g/mol. The predicted molar refractivity (Wildman–Crippen MR) is 86.3 cm³/mol. The minimum Gasteiger partial charge on any atom is -1.00 e. The molecular weight excluding hydrogens is 406 g/mol. The van der Waals surface area contributed by atoms with E-state index < -0.39 is 0 Å². The number of aromatic nitrogens is 2. The summed E-state index contributed by atoms with van der Waals surface area (Å²) in [6.07, 6.45) is -0.184. The molecule has 1 aromatic carbocycles. The van der Waals surface area contributed by atoms with Crippen LogP contribution in [-0.4, -0.2) is 20.3 Å². The number of halogens is 2. The Labute approximate surface area is 151 Å². The van der Waals surface area contributed by atoms with E-state index in [0.717, 1.165) is 25.9 Å². The van der Waals surface area contributed by atoms with E-state index >= 15 is 0 Å². The molecule has 0 aliphatic carbocycles. The number of fused-ring (bicyclic) bond motifs is 2. The molecule has 0 fully saturated rings. The summed E-state index contributed by atoms with van der Waals surface area (Å²) in [5.41, 5.74) is 0.974. The van der Waals surface area contributed by atoms with Crippen LogP contribution in [0.4, 0.5) is 5.13 Å². The van der Waals surface area contributed by atoms with Gasteiger partial charge in [-0.15, -0.1) is 0 Å². The summed E-state index contributed by atoms with van der Waals surface area (Å²) in [5, 5.41) is 15.5. The fraction of sp³-hybridized carbons (Fsp3) is 0.231. The standard InChI is InChI=1S/C13H11ClN5S2.BrH/c1-7-16-18-11(9-5-3-4-6-10(9)14)19-13(15-12(18)20-7)21-8(2)17-19;/h3-6,11H,1-2H3;1H/q+1;/p-1. The molecule has 0 bridgehead atoms. The topological polar surface area (TPSA) is 44.7 Å². The number of benzene rings is 1. The Morgan fingerprint density at radius 3 is 2.82 bits per heavy atom. The summed E-state index contributed by atoms with van der Waals surface area (Å²) in [7, 11) is 0. The van der Waals surface area contributed by atoms with Crippen molar-refractivity contribution in [1.29, 1.82) is 0 Å². The lowest BCUT2D eigenvalue weighted by Gasteiger charge is -2.23. The molecule has 0 spiro atoms.